The first kappa shape index (κ1) is 15.9. The van der Waals surface area contributed by atoms with Crippen LogP contribution in [-0.2, 0) is 0 Å². The van der Waals surface area contributed by atoms with Crippen LogP contribution in [0.1, 0.15) is 56.6 Å². The number of ether oxygens (including phenoxy) is 1. The van der Waals surface area contributed by atoms with E-state index in [-0.39, 0.29) is 6.10 Å². The van der Waals surface area contributed by atoms with E-state index >= 15 is 0 Å². The SMILES string of the molecule is CNC1(C#N)CCCC(Oc2ccc(C(C)C)c(C)c2)C1. The first-order valence-corrected chi connectivity index (χ1v) is 7.87. The quantitative estimate of drug-likeness (QED) is 0.912. The number of benzene rings is 1. The molecule has 0 spiro atoms. The maximum absolute atomic E-state index is 9.40. The molecule has 114 valence electrons. The third kappa shape index (κ3) is 3.57. The van der Waals surface area contributed by atoms with E-state index in [9.17, 15) is 5.26 Å². The molecule has 3 heteroatoms. The second-order valence-corrected chi connectivity index (χ2v) is 6.45. The molecule has 0 bridgehead atoms. The lowest BCUT2D eigenvalue weighted by molar-refractivity contribution is 0.116. The minimum absolute atomic E-state index is 0.121. The van der Waals surface area contributed by atoms with E-state index in [0.717, 1.165) is 31.4 Å². The van der Waals surface area contributed by atoms with Gasteiger partial charge < -0.3 is 10.1 Å². The van der Waals surface area contributed by atoms with Crippen molar-refractivity contribution in [2.24, 2.45) is 0 Å². The number of nitrogens with one attached hydrogen (secondary N) is 1. The standard InChI is InChI=1S/C18H26N2O/c1-13(2)17-8-7-15(10-14(17)3)21-16-6-5-9-18(11-16,12-19)20-4/h7-8,10,13,16,20H,5-6,9,11H2,1-4H3. The third-order valence-corrected chi connectivity index (χ3v) is 4.56. The van der Waals surface area contributed by atoms with Gasteiger partial charge in [0.15, 0.2) is 0 Å². The minimum Gasteiger partial charge on any atom is -0.490 e. The van der Waals surface area contributed by atoms with Crippen molar-refractivity contribution in [3.05, 3.63) is 29.3 Å². The Bertz CT molecular complexity index is 533. The van der Waals surface area contributed by atoms with E-state index in [1.54, 1.807) is 0 Å². The molecule has 3 nitrogen and oxygen atoms in total. The van der Waals surface area contributed by atoms with Crippen molar-refractivity contribution in [1.29, 1.82) is 5.26 Å². The summed E-state index contributed by atoms with van der Waals surface area (Å²) >= 11 is 0. The molecule has 2 rings (SSSR count). The van der Waals surface area contributed by atoms with Crippen LogP contribution in [0.15, 0.2) is 18.2 Å². The normalized spacial score (nSPS) is 25.6. The molecule has 2 unspecified atom stereocenters. The molecule has 1 aliphatic carbocycles. The molecule has 2 atom stereocenters. The van der Waals surface area contributed by atoms with Gasteiger partial charge in [0.05, 0.1) is 6.07 Å². The second-order valence-electron chi connectivity index (χ2n) is 6.45. The fourth-order valence-corrected chi connectivity index (χ4v) is 3.27. The molecule has 0 aromatic heterocycles. The van der Waals surface area contributed by atoms with Crippen LogP contribution in [0.25, 0.3) is 0 Å². The molecule has 0 saturated heterocycles. The topological polar surface area (TPSA) is 45.0 Å². The Balaban J connectivity index is 2.08. The summed E-state index contributed by atoms with van der Waals surface area (Å²) in [5.41, 5.74) is 2.22. The summed E-state index contributed by atoms with van der Waals surface area (Å²) in [6.07, 6.45) is 3.84. The summed E-state index contributed by atoms with van der Waals surface area (Å²) in [5.74, 6) is 1.45. The van der Waals surface area contributed by atoms with E-state index in [1.165, 1.54) is 11.1 Å². The highest BCUT2D eigenvalue weighted by molar-refractivity contribution is 5.36. The van der Waals surface area contributed by atoms with Gasteiger partial charge in [0.2, 0.25) is 0 Å². The number of hydrogen-bond donors (Lipinski definition) is 1. The van der Waals surface area contributed by atoms with Gasteiger partial charge in [-0.05, 0) is 62.4 Å². The van der Waals surface area contributed by atoms with Gasteiger partial charge in [-0.1, -0.05) is 19.9 Å². The van der Waals surface area contributed by atoms with Gasteiger partial charge in [-0.15, -0.1) is 0 Å². The van der Waals surface area contributed by atoms with Crippen molar-refractivity contribution in [3.63, 3.8) is 0 Å². The van der Waals surface area contributed by atoms with E-state index in [4.69, 9.17) is 4.74 Å². The number of aryl methyl sites for hydroxylation is 1. The second kappa shape index (κ2) is 6.49. The van der Waals surface area contributed by atoms with Gasteiger partial charge in [0, 0.05) is 6.42 Å². The Morgan fingerprint density at radius 2 is 2.19 bits per heavy atom. The predicted molar refractivity (Wildman–Crippen MR) is 85.6 cm³/mol. The highest BCUT2D eigenvalue weighted by Crippen LogP contribution is 2.31. The number of rotatable bonds is 4. The molecule has 0 amide bonds. The van der Waals surface area contributed by atoms with Crippen molar-refractivity contribution in [1.82, 2.24) is 5.32 Å². The molecule has 21 heavy (non-hydrogen) atoms. The summed E-state index contributed by atoms with van der Waals surface area (Å²) in [4.78, 5) is 0. The Morgan fingerprint density at radius 1 is 1.43 bits per heavy atom. The van der Waals surface area contributed by atoms with Gasteiger partial charge >= 0.3 is 0 Å². The van der Waals surface area contributed by atoms with Crippen molar-refractivity contribution in [2.75, 3.05) is 7.05 Å². The van der Waals surface area contributed by atoms with Crippen LogP contribution in [0.3, 0.4) is 0 Å². The zero-order valence-corrected chi connectivity index (χ0v) is 13.6. The van der Waals surface area contributed by atoms with Gasteiger partial charge in [-0.3, -0.25) is 0 Å². The van der Waals surface area contributed by atoms with E-state index in [2.05, 4.69) is 50.4 Å². The largest absolute Gasteiger partial charge is 0.490 e. The molecular weight excluding hydrogens is 260 g/mol. The first-order chi connectivity index (χ1) is 9.99. The zero-order chi connectivity index (χ0) is 15.5. The molecule has 1 fully saturated rings. The van der Waals surface area contributed by atoms with Crippen LogP contribution in [0.2, 0.25) is 0 Å². The molecule has 0 aliphatic heterocycles. The Hall–Kier alpha value is -1.53. The lowest BCUT2D eigenvalue weighted by Gasteiger charge is -2.35. The van der Waals surface area contributed by atoms with Crippen LogP contribution in [0.5, 0.6) is 5.75 Å². The lowest BCUT2D eigenvalue weighted by Crippen LogP contribution is -2.48. The molecule has 1 saturated carbocycles. The molecule has 1 N–H and O–H groups in total. The van der Waals surface area contributed by atoms with Crippen LogP contribution >= 0.6 is 0 Å². The Labute approximate surface area is 128 Å². The van der Waals surface area contributed by atoms with Gasteiger partial charge in [-0.2, -0.15) is 5.26 Å². The summed E-state index contributed by atoms with van der Waals surface area (Å²) < 4.78 is 6.14. The summed E-state index contributed by atoms with van der Waals surface area (Å²) in [5, 5.41) is 12.6. The average Bonchev–Trinajstić information content (AvgIpc) is 2.47. The Kier molecular flexibility index (Phi) is 4.90. The molecule has 1 aromatic rings. The van der Waals surface area contributed by atoms with Gasteiger partial charge in [0.1, 0.15) is 17.4 Å². The number of hydrogen-bond acceptors (Lipinski definition) is 3. The Morgan fingerprint density at radius 3 is 2.76 bits per heavy atom. The van der Waals surface area contributed by atoms with Crippen LogP contribution < -0.4 is 10.1 Å². The predicted octanol–water partition coefficient (Wildman–Crippen LogP) is 3.92. The molecule has 1 aliphatic rings. The van der Waals surface area contributed by atoms with Crippen molar-refractivity contribution < 1.29 is 4.74 Å². The zero-order valence-electron chi connectivity index (χ0n) is 13.6. The van der Waals surface area contributed by atoms with Crippen molar-refractivity contribution in [3.8, 4) is 11.8 Å². The van der Waals surface area contributed by atoms with E-state index in [1.807, 2.05) is 7.05 Å². The third-order valence-electron chi connectivity index (χ3n) is 4.56. The number of nitriles is 1. The number of nitrogens with zero attached hydrogens (tertiary/aromatic N) is 1. The van der Waals surface area contributed by atoms with Crippen molar-refractivity contribution >= 4 is 0 Å². The molecule has 0 heterocycles. The highest BCUT2D eigenvalue weighted by atomic mass is 16.5. The first-order valence-electron chi connectivity index (χ1n) is 7.87. The van der Waals surface area contributed by atoms with E-state index < -0.39 is 5.54 Å². The van der Waals surface area contributed by atoms with Crippen molar-refractivity contribution in [2.45, 2.75) is 64.0 Å². The average molecular weight is 286 g/mol. The van der Waals surface area contributed by atoms with Crippen LogP contribution in [0.4, 0.5) is 0 Å². The summed E-state index contributed by atoms with van der Waals surface area (Å²) in [6.45, 7) is 6.55. The maximum Gasteiger partial charge on any atom is 0.120 e. The van der Waals surface area contributed by atoms with E-state index in [0.29, 0.717) is 5.92 Å². The summed E-state index contributed by atoms with van der Waals surface area (Å²) in [7, 11) is 1.87. The maximum atomic E-state index is 9.40. The summed E-state index contributed by atoms with van der Waals surface area (Å²) in [6, 6.07) is 8.77. The van der Waals surface area contributed by atoms with Crippen LogP contribution in [0, 0.1) is 18.3 Å². The van der Waals surface area contributed by atoms with Crippen LogP contribution in [-0.4, -0.2) is 18.7 Å². The van der Waals surface area contributed by atoms with Gasteiger partial charge in [-0.25, -0.2) is 0 Å². The highest BCUT2D eigenvalue weighted by Gasteiger charge is 2.36. The molecular formula is C18H26N2O. The smallest absolute Gasteiger partial charge is 0.120 e. The fourth-order valence-electron chi connectivity index (χ4n) is 3.27. The monoisotopic (exact) mass is 286 g/mol. The molecule has 0 radical (unpaired) electrons. The minimum atomic E-state index is -0.421. The fraction of sp³-hybridized carbons (Fsp3) is 0.611. The lowest BCUT2D eigenvalue weighted by atomic mass is 9.81. The molecule has 1 aromatic carbocycles. The van der Waals surface area contributed by atoms with Gasteiger partial charge in [0.25, 0.3) is 0 Å².